The maximum Gasteiger partial charge on any atom is 0.255 e. The van der Waals surface area contributed by atoms with E-state index in [0.29, 0.717) is 26.1 Å². The number of carbonyl (C=O) groups is 2. The first-order valence-electron chi connectivity index (χ1n) is 11.1. The van der Waals surface area contributed by atoms with E-state index >= 15 is 0 Å². The number of nitrogens with zero attached hydrogens (tertiary/aromatic N) is 2. The van der Waals surface area contributed by atoms with Crippen LogP contribution in [0.25, 0.3) is 11.3 Å². The maximum absolute atomic E-state index is 15.0. The van der Waals surface area contributed by atoms with Gasteiger partial charge in [-0.3, -0.25) is 9.59 Å². The van der Waals surface area contributed by atoms with Crippen molar-refractivity contribution in [2.24, 2.45) is 5.73 Å². The summed E-state index contributed by atoms with van der Waals surface area (Å²) in [4.78, 5) is 24.6. The maximum atomic E-state index is 15.0. The number of amides is 2. The second-order valence-electron chi connectivity index (χ2n) is 8.21. The predicted octanol–water partition coefficient (Wildman–Crippen LogP) is 2.94. The van der Waals surface area contributed by atoms with Crippen molar-refractivity contribution in [3.8, 4) is 17.0 Å². The van der Waals surface area contributed by atoms with E-state index in [-0.39, 0.29) is 40.0 Å². The fraction of sp³-hybridized carbons (Fsp3) is 0.292. The molecule has 1 saturated heterocycles. The standard InChI is InChI=1S/C24H24F3N5O4/c1-35-19-3-2-13(25)10-15(19)24(34)30-11-16-17(26)8-12(9-18(16)27)21-20(23(29)33)22(28)32(31-21)14-4-6-36-7-5-14/h2-3,8-10,14H,4-7,11,28H2,1H3,(H2,29,33)(H,30,34). The predicted molar refractivity (Wildman–Crippen MR) is 124 cm³/mol. The molecule has 1 aliphatic heterocycles. The minimum atomic E-state index is -0.994. The summed E-state index contributed by atoms with van der Waals surface area (Å²) >= 11 is 0. The Balaban J connectivity index is 1.62. The molecule has 0 saturated carbocycles. The smallest absolute Gasteiger partial charge is 0.255 e. The van der Waals surface area contributed by atoms with Crippen molar-refractivity contribution in [1.29, 1.82) is 0 Å². The molecule has 0 aliphatic carbocycles. The van der Waals surface area contributed by atoms with E-state index in [1.54, 1.807) is 0 Å². The van der Waals surface area contributed by atoms with Crippen LogP contribution in [0.15, 0.2) is 30.3 Å². The summed E-state index contributed by atoms with van der Waals surface area (Å²) in [6.45, 7) is 0.435. The first-order chi connectivity index (χ1) is 17.2. The number of hydrogen-bond donors (Lipinski definition) is 3. The van der Waals surface area contributed by atoms with Crippen LogP contribution in [-0.2, 0) is 11.3 Å². The molecule has 4 rings (SSSR count). The van der Waals surface area contributed by atoms with E-state index in [9.17, 15) is 22.8 Å². The fourth-order valence-corrected chi connectivity index (χ4v) is 4.13. The highest BCUT2D eigenvalue weighted by Crippen LogP contribution is 2.33. The number of carbonyl (C=O) groups excluding carboxylic acids is 2. The Morgan fingerprint density at radius 1 is 1.17 bits per heavy atom. The van der Waals surface area contributed by atoms with Crippen molar-refractivity contribution in [1.82, 2.24) is 15.1 Å². The lowest BCUT2D eigenvalue weighted by Crippen LogP contribution is -2.24. The Hall–Kier alpha value is -4.06. The molecule has 2 amide bonds. The monoisotopic (exact) mass is 503 g/mol. The summed E-state index contributed by atoms with van der Waals surface area (Å²) in [6, 6.07) is 5.14. The normalized spacial score (nSPS) is 14.0. The van der Waals surface area contributed by atoms with Crippen molar-refractivity contribution in [3.05, 3.63) is 64.5 Å². The van der Waals surface area contributed by atoms with E-state index in [2.05, 4.69) is 10.4 Å². The minimum Gasteiger partial charge on any atom is -0.496 e. The van der Waals surface area contributed by atoms with Gasteiger partial charge in [0.25, 0.3) is 11.8 Å². The first-order valence-corrected chi connectivity index (χ1v) is 11.1. The van der Waals surface area contributed by atoms with E-state index in [1.165, 1.54) is 17.9 Å². The molecule has 3 aromatic rings. The third-order valence-electron chi connectivity index (χ3n) is 5.98. The Kier molecular flexibility index (Phi) is 7.15. The number of hydrogen-bond acceptors (Lipinski definition) is 6. The number of rotatable bonds is 7. The molecule has 0 atom stereocenters. The number of anilines is 1. The van der Waals surface area contributed by atoms with E-state index in [0.717, 1.165) is 24.3 Å². The van der Waals surface area contributed by atoms with Gasteiger partial charge in [0.1, 0.15) is 40.3 Å². The highest BCUT2D eigenvalue weighted by molar-refractivity contribution is 6.03. The molecule has 36 heavy (non-hydrogen) atoms. The lowest BCUT2D eigenvalue weighted by Gasteiger charge is -2.23. The summed E-state index contributed by atoms with van der Waals surface area (Å²) < 4.78 is 55.3. The first kappa shape index (κ1) is 25.0. The Morgan fingerprint density at radius 3 is 2.44 bits per heavy atom. The van der Waals surface area contributed by atoms with E-state index in [4.69, 9.17) is 20.9 Å². The molecule has 9 nitrogen and oxygen atoms in total. The molecule has 2 aromatic carbocycles. The molecule has 0 spiro atoms. The van der Waals surface area contributed by atoms with Gasteiger partial charge in [0.2, 0.25) is 0 Å². The number of nitrogen functional groups attached to an aromatic ring is 1. The molecule has 0 unspecified atom stereocenters. The SMILES string of the molecule is COc1ccc(F)cc1C(=O)NCc1c(F)cc(-c2nn(C3CCOCC3)c(N)c2C(N)=O)cc1F. The summed E-state index contributed by atoms with van der Waals surface area (Å²) in [5.74, 6) is -4.23. The summed E-state index contributed by atoms with van der Waals surface area (Å²) in [6.07, 6.45) is 1.20. The number of methoxy groups -OCH3 is 1. The molecular formula is C24H24F3N5O4. The van der Waals surface area contributed by atoms with Gasteiger partial charge >= 0.3 is 0 Å². The van der Waals surface area contributed by atoms with Crippen LogP contribution in [0.3, 0.4) is 0 Å². The highest BCUT2D eigenvalue weighted by Gasteiger charge is 2.28. The van der Waals surface area contributed by atoms with Gasteiger partial charge in [0, 0.05) is 30.9 Å². The lowest BCUT2D eigenvalue weighted by molar-refractivity contribution is 0.0669. The average molecular weight is 503 g/mol. The third kappa shape index (κ3) is 4.85. The van der Waals surface area contributed by atoms with Crippen LogP contribution in [0.2, 0.25) is 0 Å². The van der Waals surface area contributed by atoms with E-state index < -0.39 is 41.4 Å². The zero-order valence-corrected chi connectivity index (χ0v) is 19.3. The quantitative estimate of drug-likeness (QED) is 0.454. The number of aromatic nitrogens is 2. The molecule has 2 heterocycles. The van der Waals surface area contributed by atoms with E-state index in [1.807, 2.05) is 0 Å². The van der Waals surface area contributed by atoms with Gasteiger partial charge in [-0.15, -0.1) is 0 Å². The van der Waals surface area contributed by atoms with Gasteiger partial charge in [-0.1, -0.05) is 0 Å². The van der Waals surface area contributed by atoms with Gasteiger partial charge in [0.05, 0.1) is 18.7 Å². The van der Waals surface area contributed by atoms with Crippen LogP contribution in [0.4, 0.5) is 19.0 Å². The Labute approximate surface area is 204 Å². The van der Waals surface area contributed by atoms with Gasteiger partial charge in [-0.05, 0) is 43.2 Å². The second kappa shape index (κ2) is 10.3. The van der Waals surface area contributed by atoms with Crippen molar-refractivity contribution in [2.75, 3.05) is 26.1 Å². The number of nitrogens with two attached hydrogens (primary N) is 2. The number of nitrogens with one attached hydrogen (secondary N) is 1. The molecule has 1 fully saturated rings. The van der Waals surface area contributed by atoms with Crippen molar-refractivity contribution in [2.45, 2.75) is 25.4 Å². The van der Waals surface area contributed by atoms with Crippen LogP contribution in [-0.4, -0.2) is 41.9 Å². The van der Waals surface area contributed by atoms with Crippen LogP contribution in [0.1, 0.15) is 45.2 Å². The number of benzene rings is 2. The van der Waals surface area contributed by atoms with Gasteiger partial charge < -0.3 is 26.3 Å². The molecule has 5 N–H and O–H groups in total. The number of halogens is 3. The molecular weight excluding hydrogens is 479 g/mol. The van der Waals surface area contributed by atoms with Crippen LogP contribution in [0.5, 0.6) is 5.75 Å². The van der Waals surface area contributed by atoms with Crippen LogP contribution >= 0.6 is 0 Å². The summed E-state index contributed by atoms with van der Waals surface area (Å²) in [5, 5.41) is 6.71. The van der Waals surface area contributed by atoms with Crippen molar-refractivity contribution in [3.63, 3.8) is 0 Å². The average Bonchev–Trinajstić information content (AvgIpc) is 3.21. The van der Waals surface area contributed by atoms with Crippen molar-refractivity contribution < 1.29 is 32.2 Å². The molecule has 1 aromatic heterocycles. The number of ether oxygens (including phenoxy) is 2. The zero-order chi connectivity index (χ0) is 26.0. The summed E-state index contributed by atoms with van der Waals surface area (Å²) in [7, 11) is 1.30. The molecule has 1 aliphatic rings. The molecule has 190 valence electrons. The topological polar surface area (TPSA) is 134 Å². The lowest BCUT2D eigenvalue weighted by atomic mass is 10.0. The van der Waals surface area contributed by atoms with Crippen LogP contribution in [0, 0.1) is 17.5 Å². The largest absolute Gasteiger partial charge is 0.496 e. The third-order valence-corrected chi connectivity index (χ3v) is 5.98. The molecule has 12 heteroatoms. The number of primary amides is 1. The zero-order valence-electron chi connectivity index (χ0n) is 19.3. The van der Waals surface area contributed by atoms with Gasteiger partial charge in [0.15, 0.2) is 0 Å². The fourth-order valence-electron chi connectivity index (χ4n) is 4.13. The van der Waals surface area contributed by atoms with Crippen molar-refractivity contribution >= 4 is 17.6 Å². The molecule has 0 radical (unpaired) electrons. The minimum absolute atomic E-state index is 0.00518. The second-order valence-corrected chi connectivity index (χ2v) is 8.21. The Morgan fingerprint density at radius 2 is 1.83 bits per heavy atom. The van der Waals surface area contributed by atoms with Gasteiger partial charge in [-0.25, -0.2) is 17.9 Å². The summed E-state index contributed by atoms with van der Waals surface area (Å²) in [5.41, 5.74) is 10.8. The highest BCUT2D eigenvalue weighted by atomic mass is 19.1. The molecule has 0 bridgehead atoms. The van der Waals surface area contributed by atoms with Crippen LogP contribution < -0.4 is 21.5 Å². The van der Waals surface area contributed by atoms with Gasteiger partial charge in [-0.2, -0.15) is 5.10 Å². The Bertz CT molecular complexity index is 1300.